The zero-order valence-electron chi connectivity index (χ0n) is 29.0. The number of nitrogens with one attached hydrogen (secondary N) is 3. The number of carbonyl (C=O) groups is 3. The van der Waals surface area contributed by atoms with E-state index in [1.807, 2.05) is 32.0 Å². The Labute approximate surface area is 288 Å². The number of hydrogen-bond acceptors (Lipinski definition) is 7. The van der Waals surface area contributed by atoms with Crippen molar-refractivity contribution in [3.05, 3.63) is 78.4 Å². The third-order valence-corrected chi connectivity index (χ3v) is 8.48. The Kier molecular flexibility index (Phi) is 13.7. The van der Waals surface area contributed by atoms with Crippen LogP contribution in [0.3, 0.4) is 0 Å². The number of methoxy groups -OCH3 is 1. The van der Waals surface area contributed by atoms with Gasteiger partial charge in [-0.05, 0) is 87.7 Å². The van der Waals surface area contributed by atoms with Crippen LogP contribution >= 0.6 is 0 Å². The normalized spacial score (nSPS) is 19.3. The van der Waals surface area contributed by atoms with E-state index in [9.17, 15) is 19.5 Å². The van der Waals surface area contributed by atoms with E-state index in [0.717, 1.165) is 19.3 Å². The molecule has 0 radical (unpaired) electrons. The molecule has 0 saturated carbocycles. The lowest BCUT2D eigenvalue weighted by Gasteiger charge is -2.35. The standard InChI is InChI=1S/C37H49N5O7/c1-25-22-42(26(2)24-43)35(44)32-21-30(39-36(45)38-28-12-7-6-8-13-28)16-19-33(32)49-27(3)11-9-10-20-48-34(25)23-41(4)37(46)40-29-14-17-31(47-5)18-15-29/h6-8,12-19,21,25-27,34,43H,9-11,20,22-24H2,1-5H3,(H,40,46)(H2,38,39,45)/t25-,26+,27-,34+/m0/s1. The summed E-state index contributed by atoms with van der Waals surface area (Å²) in [5.41, 5.74) is 1.94. The van der Waals surface area contributed by atoms with Crippen molar-refractivity contribution < 1.29 is 33.7 Å². The number of hydrogen-bond donors (Lipinski definition) is 4. The number of aliphatic hydroxyl groups excluding tert-OH is 1. The molecule has 3 aromatic rings. The molecule has 3 aromatic carbocycles. The molecule has 12 heteroatoms. The monoisotopic (exact) mass is 675 g/mol. The molecule has 4 N–H and O–H groups in total. The number of likely N-dealkylation sites (N-methyl/N-ethyl adjacent to an activating group) is 1. The highest BCUT2D eigenvalue weighted by Gasteiger charge is 2.31. The van der Waals surface area contributed by atoms with Gasteiger partial charge in [-0.3, -0.25) is 4.79 Å². The van der Waals surface area contributed by atoms with Crippen molar-refractivity contribution >= 4 is 35.0 Å². The number of rotatable bonds is 8. The Morgan fingerprint density at radius 1 is 0.980 bits per heavy atom. The van der Waals surface area contributed by atoms with Crippen molar-refractivity contribution in [2.45, 2.75) is 58.3 Å². The minimum Gasteiger partial charge on any atom is -0.497 e. The van der Waals surface area contributed by atoms with Gasteiger partial charge < -0.3 is 45.1 Å². The van der Waals surface area contributed by atoms with E-state index < -0.39 is 18.2 Å². The molecule has 0 fully saturated rings. The predicted molar refractivity (Wildman–Crippen MR) is 191 cm³/mol. The lowest BCUT2D eigenvalue weighted by atomic mass is 10.0. The number of fused-ring (bicyclic) bond motifs is 1. The predicted octanol–water partition coefficient (Wildman–Crippen LogP) is 6.30. The van der Waals surface area contributed by atoms with Crippen LogP contribution in [0.2, 0.25) is 0 Å². The molecular weight excluding hydrogens is 626 g/mol. The van der Waals surface area contributed by atoms with E-state index in [2.05, 4.69) is 16.0 Å². The van der Waals surface area contributed by atoms with Gasteiger partial charge in [-0.2, -0.15) is 0 Å². The molecule has 0 aromatic heterocycles. The molecule has 264 valence electrons. The topological polar surface area (TPSA) is 142 Å². The number of amides is 5. The van der Waals surface area contributed by atoms with E-state index >= 15 is 0 Å². The lowest BCUT2D eigenvalue weighted by molar-refractivity contribution is -0.0115. The van der Waals surface area contributed by atoms with Gasteiger partial charge in [-0.15, -0.1) is 0 Å². The minimum absolute atomic E-state index is 0.194. The third-order valence-electron chi connectivity index (χ3n) is 8.48. The summed E-state index contributed by atoms with van der Waals surface area (Å²) in [6.45, 7) is 6.43. The van der Waals surface area contributed by atoms with Crippen molar-refractivity contribution in [2.75, 3.05) is 56.4 Å². The first-order chi connectivity index (χ1) is 23.6. The van der Waals surface area contributed by atoms with E-state index in [0.29, 0.717) is 35.2 Å². The van der Waals surface area contributed by atoms with Gasteiger partial charge >= 0.3 is 12.1 Å². The van der Waals surface area contributed by atoms with Crippen molar-refractivity contribution in [2.24, 2.45) is 5.92 Å². The summed E-state index contributed by atoms with van der Waals surface area (Å²) < 4.78 is 17.9. The zero-order chi connectivity index (χ0) is 35.3. The molecule has 12 nitrogen and oxygen atoms in total. The van der Waals surface area contributed by atoms with Crippen molar-refractivity contribution in [1.82, 2.24) is 9.80 Å². The third kappa shape index (κ3) is 10.8. The number of para-hydroxylation sites is 1. The first-order valence-corrected chi connectivity index (χ1v) is 16.7. The number of aliphatic hydroxyl groups is 1. The maximum Gasteiger partial charge on any atom is 0.323 e. The second kappa shape index (κ2) is 18.1. The summed E-state index contributed by atoms with van der Waals surface area (Å²) in [5, 5.41) is 18.7. The lowest BCUT2D eigenvalue weighted by Crippen LogP contribution is -2.48. The summed E-state index contributed by atoms with van der Waals surface area (Å²) in [4.78, 5) is 43.5. The number of urea groups is 2. The van der Waals surface area contributed by atoms with Crippen LogP contribution in [0.4, 0.5) is 26.7 Å². The summed E-state index contributed by atoms with van der Waals surface area (Å²) in [5.74, 6) is 0.505. The van der Waals surface area contributed by atoms with Crippen LogP contribution in [0.1, 0.15) is 50.4 Å². The van der Waals surface area contributed by atoms with Crippen LogP contribution in [0, 0.1) is 5.92 Å². The van der Waals surface area contributed by atoms with Gasteiger partial charge in [-0.1, -0.05) is 25.1 Å². The second-order valence-electron chi connectivity index (χ2n) is 12.5. The molecule has 49 heavy (non-hydrogen) atoms. The first-order valence-electron chi connectivity index (χ1n) is 16.7. The smallest absolute Gasteiger partial charge is 0.323 e. The summed E-state index contributed by atoms with van der Waals surface area (Å²) in [7, 11) is 3.29. The van der Waals surface area contributed by atoms with Gasteiger partial charge in [0.15, 0.2) is 0 Å². The van der Waals surface area contributed by atoms with Crippen molar-refractivity contribution in [1.29, 1.82) is 0 Å². The number of carbonyl (C=O) groups excluding carboxylic acids is 3. The summed E-state index contributed by atoms with van der Waals surface area (Å²) >= 11 is 0. The van der Waals surface area contributed by atoms with E-state index in [1.54, 1.807) is 85.5 Å². The van der Waals surface area contributed by atoms with Gasteiger partial charge in [0.1, 0.15) is 11.5 Å². The van der Waals surface area contributed by atoms with Crippen LogP contribution in [0.15, 0.2) is 72.8 Å². The van der Waals surface area contributed by atoms with E-state index in [-0.39, 0.29) is 49.2 Å². The highest BCUT2D eigenvalue weighted by molar-refractivity contribution is 6.02. The summed E-state index contributed by atoms with van der Waals surface area (Å²) in [6, 6.07) is 19.8. The van der Waals surface area contributed by atoms with Gasteiger partial charge in [0.2, 0.25) is 0 Å². The fourth-order valence-electron chi connectivity index (χ4n) is 5.52. The number of nitrogens with zero attached hydrogens (tertiary/aromatic N) is 2. The maximum absolute atomic E-state index is 14.4. The van der Waals surface area contributed by atoms with Crippen molar-refractivity contribution in [3.63, 3.8) is 0 Å². The molecule has 1 aliphatic rings. The first kappa shape index (κ1) is 37.0. The van der Waals surface area contributed by atoms with Crippen LogP contribution in [-0.2, 0) is 4.74 Å². The summed E-state index contributed by atoms with van der Waals surface area (Å²) in [6.07, 6.45) is 1.77. The van der Waals surface area contributed by atoms with E-state index in [4.69, 9.17) is 14.2 Å². The molecule has 5 amide bonds. The Bertz CT molecular complexity index is 1520. The Morgan fingerprint density at radius 3 is 2.35 bits per heavy atom. The molecule has 0 unspecified atom stereocenters. The fourth-order valence-corrected chi connectivity index (χ4v) is 5.52. The molecular formula is C37H49N5O7. The highest BCUT2D eigenvalue weighted by atomic mass is 16.5. The SMILES string of the molecule is COc1ccc(NC(=O)N(C)C[C@H]2OCCCC[C@H](C)Oc3ccc(NC(=O)Nc4ccccc4)cc3C(=O)N([C@H](C)CO)C[C@@H]2C)cc1. The molecule has 1 aliphatic heterocycles. The minimum atomic E-state index is -0.539. The highest BCUT2D eigenvalue weighted by Crippen LogP contribution is 2.29. The molecule has 0 aliphatic carbocycles. The largest absolute Gasteiger partial charge is 0.497 e. The van der Waals surface area contributed by atoms with Gasteiger partial charge in [-0.25, -0.2) is 9.59 Å². The number of benzene rings is 3. The van der Waals surface area contributed by atoms with E-state index in [1.165, 1.54) is 0 Å². The van der Waals surface area contributed by atoms with Crippen LogP contribution in [0.25, 0.3) is 0 Å². The van der Waals surface area contributed by atoms with Crippen LogP contribution in [0.5, 0.6) is 11.5 Å². The van der Waals surface area contributed by atoms with Crippen LogP contribution < -0.4 is 25.4 Å². The van der Waals surface area contributed by atoms with Gasteiger partial charge in [0.25, 0.3) is 5.91 Å². The maximum atomic E-state index is 14.4. The number of anilines is 3. The fraction of sp³-hybridized carbons (Fsp3) is 0.432. The molecule has 0 bridgehead atoms. The molecule has 4 rings (SSSR count). The molecule has 0 saturated heterocycles. The average molecular weight is 676 g/mol. The quantitative estimate of drug-likeness (QED) is 0.220. The second-order valence-corrected chi connectivity index (χ2v) is 12.5. The van der Waals surface area contributed by atoms with Crippen molar-refractivity contribution in [3.8, 4) is 11.5 Å². The van der Waals surface area contributed by atoms with Gasteiger partial charge in [0.05, 0.1) is 37.5 Å². The molecule has 0 spiro atoms. The Balaban J connectivity index is 1.56. The van der Waals surface area contributed by atoms with Crippen LogP contribution in [-0.4, -0.2) is 91.6 Å². The Hall–Kier alpha value is -4.81. The molecule has 4 atom stereocenters. The average Bonchev–Trinajstić information content (AvgIpc) is 3.10. The number of ether oxygens (including phenoxy) is 3. The Morgan fingerprint density at radius 2 is 1.65 bits per heavy atom. The zero-order valence-corrected chi connectivity index (χ0v) is 29.0. The van der Waals surface area contributed by atoms with Gasteiger partial charge in [0, 0.05) is 49.7 Å². The molecule has 1 heterocycles.